The zero-order chi connectivity index (χ0) is 23.6. The number of carbonyl (C=O) groups is 1. The molecule has 0 bridgehead atoms. The molecule has 1 amide bonds. The lowest BCUT2D eigenvalue weighted by molar-refractivity contribution is -0.000836. The number of fused-ring (bicyclic) bond motifs is 1. The number of anilines is 2. The van der Waals surface area contributed by atoms with Crippen LogP contribution in [0.25, 0.3) is 11.0 Å². The number of amides is 1. The van der Waals surface area contributed by atoms with Gasteiger partial charge in [-0.15, -0.1) is 6.58 Å². The van der Waals surface area contributed by atoms with Gasteiger partial charge in [-0.1, -0.05) is 29.5 Å². The van der Waals surface area contributed by atoms with E-state index >= 15 is 0 Å². The average molecular weight is 469 g/mol. The highest BCUT2D eigenvalue weighted by molar-refractivity contribution is 7.15. The van der Waals surface area contributed by atoms with E-state index in [9.17, 15) is 13.6 Å². The van der Waals surface area contributed by atoms with Gasteiger partial charge < -0.3 is 15.2 Å². The number of aryl methyl sites for hydroxylation is 1. The second-order valence-corrected chi connectivity index (χ2v) is 8.64. The Kier molecular flexibility index (Phi) is 6.19. The Balaban J connectivity index is 1.40. The molecule has 10 heteroatoms. The summed E-state index contributed by atoms with van der Waals surface area (Å²) in [6.45, 7) is 5.23. The first kappa shape index (κ1) is 22.5. The molecule has 4 rings (SSSR count). The summed E-state index contributed by atoms with van der Waals surface area (Å²) in [5.74, 6) is -3.25. The zero-order valence-corrected chi connectivity index (χ0v) is 18.9. The van der Waals surface area contributed by atoms with Crippen LogP contribution >= 0.6 is 11.3 Å². The second-order valence-electron chi connectivity index (χ2n) is 7.58. The lowest BCUT2D eigenvalue weighted by Crippen LogP contribution is -2.26. The Morgan fingerprint density at radius 2 is 2.00 bits per heavy atom. The predicted molar refractivity (Wildman–Crippen MR) is 125 cm³/mol. The van der Waals surface area contributed by atoms with E-state index in [1.807, 2.05) is 18.5 Å². The Morgan fingerprint density at radius 3 is 2.73 bits per heavy atom. The van der Waals surface area contributed by atoms with Gasteiger partial charge in [-0.25, -0.2) is 23.7 Å². The number of aromatic nitrogens is 4. The summed E-state index contributed by atoms with van der Waals surface area (Å²) in [6, 6.07) is 7.34. The average Bonchev–Trinajstić information content (AvgIpc) is 3.41. The Bertz CT molecular complexity index is 1300. The van der Waals surface area contributed by atoms with Crippen molar-refractivity contribution in [2.75, 3.05) is 5.32 Å². The van der Waals surface area contributed by atoms with E-state index < -0.39 is 12.3 Å². The highest BCUT2D eigenvalue weighted by Crippen LogP contribution is 2.33. The fourth-order valence-electron chi connectivity index (χ4n) is 3.26. The van der Waals surface area contributed by atoms with Crippen molar-refractivity contribution in [1.29, 1.82) is 0 Å². The number of thiazole rings is 1. The largest absolute Gasteiger partial charge is 0.343 e. The van der Waals surface area contributed by atoms with Gasteiger partial charge in [0.1, 0.15) is 11.2 Å². The first-order valence-corrected chi connectivity index (χ1v) is 11.0. The van der Waals surface area contributed by atoms with E-state index in [2.05, 4.69) is 32.2 Å². The fraction of sp³-hybridized carbons (Fsp3) is 0.217. The lowest BCUT2D eigenvalue weighted by atomic mass is 10.1. The molecule has 1 unspecified atom stereocenters. The minimum absolute atomic E-state index is 0.0676. The molecule has 0 saturated carbocycles. The summed E-state index contributed by atoms with van der Waals surface area (Å²) in [4.78, 5) is 26.2. The van der Waals surface area contributed by atoms with E-state index in [-0.39, 0.29) is 17.5 Å². The summed E-state index contributed by atoms with van der Waals surface area (Å²) in [6.07, 6.45) is 5.70. The number of alkyl halides is 2. The third-order valence-electron chi connectivity index (χ3n) is 5.10. The quantitative estimate of drug-likeness (QED) is 0.342. The number of rotatable bonds is 8. The van der Waals surface area contributed by atoms with Crippen LogP contribution < -0.4 is 10.6 Å². The van der Waals surface area contributed by atoms with Crippen LogP contribution in [0.2, 0.25) is 0 Å². The number of halogens is 2. The van der Waals surface area contributed by atoms with Gasteiger partial charge in [0.2, 0.25) is 0 Å². The normalized spacial score (nSPS) is 12.5. The zero-order valence-electron chi connectivity index (χ0n) is 18.0. The van der Waals surface area contributed by atoms with E-state index in [0.717, 1.165) is 15.9 Å². The van der Waals surface area contributed by atoms with E-state index in [1.165, 1.54) is 29.5 Å². The molecule has 2 N–H and O–H groups in total. The number of hydrogen-bond donors (Lipinski definition) is 2. The molecule has 0 radical (unpaired) electrons. The number of hydrogen-bond acceptors (Lipinski definition) is 6. The molecule has 4 aromatic rings. The van der Waals surface area contributed by atoms with E-state index in [1.54, 1.807) is 36.9 Å². The molecule has 0 aliphatic rings. The molecule has 3 aromatic heterocycles. The van der Waals surface area contributed by atoms with E-state index in [4.69, 9.17) is 0 Å². The van der Waals surface area contributed by atoms with E-state index in [0.29, 0.717) is 16.5 Å². The topological polar surface area (TPSA) is 84.7 Å². The first-order valence-electron chi connectivity index (χ1n) is 10.2. The summed E-state index contributed by atoms with van der Waals surface area (Å²) in [7, 11) is 1.85. The lowest BCUT2D eigenvalue weighted by Gasteiger charge is -2.15. The summed E-state index contributed by atoms with van der Waals surface area (Å²) in [5.41, 5.74) is 2.41. The van der Waals surface area contributed by atoms with Crippen LogP contribution in [0.3, 0.4) is 0 Å². The number of allylic oxidation sites excluding steroid dienone is 1. The van der Waals surface area contributed by atoms with Crippen molar-refractivity contribution >= 4 is 39.1 Å². The molecule has 0 fully saturated rings. The van der Waals surface area contributed by atoms with Gasteiger partial charge in [-0.2, -0.15) is 0 Å². The molecule has 0 saturated heterocycles. The van der Waals surface area contributed by atoms with Crippen LogP contribution in [-0.2, 0) is 13.0 Å². The predicted octanol–water partition coefficient (Wildman–Crippen LogP) is 5.33. The van der Waals surface area contributed by atoms with Crippen molar-refractivity contribution in [1.82, 2.24) is 24.8 Å². The minimum Gasteiger partial charge on any atom is -0.343 e. The minimum atomic E-state index is -2.95. The number of benzene rings is 1. The third kappa shape index (κ3) is 4.90. The molecule has 1 aromatic carbocycles. The van der Waals surface area contributed by atoms with Crippen molar-refractivity contribution in [2.24, 2.45) is 7.05 Å². The van der Waals surface area contributed by atoms with Crippen molar-refractivity contribution < 1.29 is 13.6 Å². The van der Waals surface area contributed by atoms with Crippen LogP contribution in [0, 0.1) is 0 Å². The van der Waals surface area contributed by atoms with Crippen molar-refractivity contribution in [3.05, 3.63) is 77.8 Å². The fourth-order valence-corrected chi connectivity index (χ4v) is 4.10. The summed E-state index contributed by atoms with van der Waals surface area (Å²) < 4.78 is 29.8. The molecule has 7 nitrogen and oxygen atoms in total. The van der Waals surface area contributed by atoms with Crippen molar-refractivity contribution in [3.63, 3.8) is 0 Å². The van der Waals surface area contributed by atoms with Gasteiger partial charge in [0.05, 0.1) is 24.1 Å². The van der Waals surface area contributed by atoms with Crippen molar-refractivity contribution in [2.45, 2.75) is 25.3 Å². The van der Waals surface area contributed by atoms with Crippen LogP contribution in [-0.4, -0.2) is 25.4 Å². The number of pyridine rings is 1. The molecule has 33 heavy (non-hydrogen) atoms. The van der Waals surface area contributed by atoms with Crippen molar-refractivity contribution in [3.8, 4) is 0 Å². The van der Waals surface area contributed by atoms with Crippen LogP contribution in [0.1, 0.15) is 40.3 Å². The molecule has 0 spiro atoms. The van der Waals surface area contributed by atoms with Crippen LogP contribution in [0.4, 0.5) is 19.6 Å². The van der Waals surface area contributed by atoms with Gasteiger partial charge in [-0.3, -0.25) is 4.79 Å². The van der Waals surface area contributed by atoms with Gasteiger partial charge in [0, 0.05) is 35.8 Å². The molecule has 170 valence electrons. The Morgan fingerprint density at radius 1 is 1.24 bits per heavy atom. The maximum absolute atomic E-state index is 14.0. The maximum Gasteiger partial charge on any atom is 0.276 e. The SMILES string of the molecule is C=CCC(F)(F)c1ccc(Nc2ncc(C(C)NC(=O)c3cc4c(cn3)ncn4C)s2)cc1. The highest BCUT2D eigenvalue weighted by atomic mass is 32.1. The number of nitrogens with one attached hydrogen (secondary N) is 2. The van der Waals surface area contributed by atoms with Crippen LogP contribution in [0.5, 0.6) is 0 Å². The second kappa shape index (κ2) is 9.07. The Labute approximate surface area is 193 Å². The molecular formula is C23H22F2N6OS. The number of carbonyl (C=O) groups excluding carboxylic acids is 1. The Hall–Kier alpha value is -3.66. The molecular weight excluding hydrogens is 446 g/mol. The first-order chi connectivity index (χ1) is 15.8. The highest BCUT2D eigenvalue weighted by Gasteiger charge is 2.29. The monoisotopic (exact) mass is 468 g/mol. The molecule has 0 aliphatic carbocycles. The summed E-state index contributed by atoms with van der Waals surface area (Å²) >= 11 is 1.36. The van der Waals surface area contributed by atoms with Gasteiger partial charge in [0.25, 0.3) is 11.8 Å². The maximum atomic E-state index is 14.0. The van der Waals surface area contributed by atoms with Gasteiger partial charge >= 0.3 is 0 Å². The smallest absolute Gasteiger partial charge is 0.276 e. The molecule has 0 aliphatic heterocycles. The molecule has 3 heterocycles. The third-order valence-corrected chi connectivity index (χ3v) is 6.20. The number of nitrogens with zero attached hydrogens (tertiary/aromatic N) is 4. The van der Waals surface area contributed by atoms with Crippen LogP contribution in [0.15, 0.2) is 61.7 Å². The molecule has 1 atom stereocenters. The van der Waals surface area contributed by atoms with Gasteiger partial charge in [0.15, 0.2) is 5.13 Å². The standard InChI is InChI=1S/C23H22F2N6OS/c1-4-9-23(24,25)15-5-7-16(8-6-15)30-22-27-12-20(33-22)14(2)29-21(32)17-10-19-18(11-26-17)28-13-31(19)3/h4-8,10-14H,1,9H2,2-3H3,(H,27,30)(H,29,32). The van der Waals surface area contributed by atoms with Gasteiger partial charge in [-0.05, 0) is 25.1 Å². The summed E-state index contributed by atoms with van der Waals surface area (Å²) in [5, 5.41) is 6.62. The number of imidazole rings is 1.